The minimum Gasteiger partial charge on any atom is -0.464 e. The van der Waals surface area contributed by atoms with Crippen LogP contribution in [-0.2, 0) is 21.3 Å². The molecule has 132 valence electrons. The number of sulfonamides is 1. The predicted octanol–water partition coefficient (Wildman–Crippen LogP) is 2.89. The van der Waals surface area contributed by atoms with Crippen LogP contribution in [0.2, 0.25) is 0 Å². The molecule has 0 atom stereocenters. The molecule has 0 unspecified atom stereocenters. The largest absolute Gasteiger partial charge is 0.464 e. The highest BCUT2D eigenvalue weighted by Gasteiger charge is 2.36. The van der Waals surface area contributed by atoms with E-state index in [2.05, 4.69) is 9.72 Å². The minimum absolute atomic E-state index is 0.00380. The topological polar surface area (TPSA) is 76.6 Å². The van der Waals surface area contributed by atoms with E-state index in [1.54, 1.807) is 11.5 Å². The molecular formula is C17H18N2O4S2. The van der Waals surface area contributed by atoms with Gasteiger partial charge >= 0.3 is 5.97 Å². The van der Waals surface area contributed by atoms with Crippen LogP contribution in [0.1, 0.15) is 33.9 Å². The van der Waals surface area contributed by atoms with Gasteiger partial charge in [0.05, 0.1) is 13.7 Å². The van der Waals surface area contributed by atoms with E-state index in [0.717, 1.165) is 18.4 Å². The molecule has 1 aromatic carbocycles. The Morgan fingerprint density at radius 2 is 2.08 bits per heavy atom. The summed E-state index contributed by atoms with van der Waals surface area (Å²) in [4.78, 5) is 15.7. The Bertz CT molecular complexity index is 871. The lowest BCUT2D eigenvalue weighted by Crippen LogP contribution is -2.31. The maximum Gasteiger partial charge on any atom is 0.357 e. The first-order chi connectivity index (χ1) is 12.0. The van der Waals surface area contributed by atoms with Crippen molar-refractivity contribution in [3.63, 3.8) is 0 Å². The van der Waals surface area contributed by atoms with Crippen molar-refractivity contribution >= 4 is 33.4 Å². The fourth-order valence-electron chi connectivity index (χ4n) is 2.31. The number of nitrogens with zero attached hydrogens (tertiary/aromatic N) is 2. The highest BCUT2D eigenvalue weighted by Crippen LogP contribution is 2.32. The van der Waals surface area contributed by atoms with Crippen molar-refractivity contribution in [2.45, 2.75) is 25.4 Å². The highest BCUT2D eigenvalue weighted by atomic mass is 32.2. The van der Waals surface area contributed by atoms with E-state index in [4.69, 9.17) is 0 Å². The van der Waals surface area contributed by atoms with Gasteiger partial charge in [-0.3, -0.25) is 0 Å². The van der Waals surface area contributed by atoms with E-state index in [1.165, 1.54) is 28.2 Å². The second-order valence-electron chi connectivity index (χ2n) is 5.65. The molecular weight excluding hydrogens is 360 g/mol. The van der Waals surface area contributed by atoms with Crippen LogP contribution in [0.3, 0.4) is 0 Å². The van der Waals surface area contributed by atoms with Gasteiger partial charge in [0, 0.05) is 16.8 Å². The Kier molecular flexibility index (Phi) is 5.31. The first-order valence-corrected chi connectivity index (χ1v) is 10.2. The molecule has 0 amide bonds. The zero-order valence-electron chi connectivity index (χ0n) is 13.7. The van der Waals surface area contributed by atoms with E-state index < -0.39 is 16.0 Å². The van der Waals surface area contributed by atoms with Gasteiger partial charge in [0.1, 0.15) is 5.01 Å². The molecule has 0 spiro atoms. The van der Waals surface area contributed by atoms with Gasteiger partial charge in [-0.05, 0) is 24.5 Å². The fourth-order valence-corrected chi connectivity index (χ4v) is 4.57. The van der Waals surface area contributed by atoms with Crippen LogP contribution in [0.15, 0.2) is 41.1 Å². The van der Waals surface area contributed by atoms with Gasteiger partial charge in [-0.25, -0.2) is 18.2 Å². The number of hydrogen-bond acceptors (Lipinski definition) is 6. The molecule has 1 aliphatic carbocycles. The first-order valence-electron chi connectivity index (χ1n) is 7.77. The Balaban J connectivity index is 1.77. The van der Waals surface area contributed by atoms with Crippen molar-refractivity contribution in [3.8, 4) is 0 Å². The number of carbonyl (C=O) groups is 1. The second kappa shape index (κ2) is 7.47. The number of hydrogen-bond donors (Lipinski definition) is 0. The zero-order valence-corrected chi connectivity index (χ0v) is 15.3. The summed E-state index contributed by atoms with van der Waals surface area (Å²) in [5.41, 5.74) is 1.03. The Morgan fingerprint density at radius 3 is 2.72 bits per heavy atom. The normalized spacial score (nSPS) is 15.0. The fraction of sp³-hybridized carbons (Fsp3) is 0.294. The summed E-state index contributed by atoms with van der Waals surface area (Å²) in [6.07, 6.45) is 3.27. The maximum atomic E-state index is 12.7. The average Bonchev–Trinajstić information content (AvgIpc) is 3.35. The summed E-state index contributed by atoms with van der Waals surface area (Å²) in [7, 11) is -2.28. The van der Waals surface area contributed by atoms with E-state index in [9.17, 15) is 13.2 Å². The molecule has 0 bridgehead atoms. The lowest BCUT2D eigenvalue weighted by atomic mass is 10.2. The zero-order chi connectivity index (χ0) is 17.9. The molecule has 1 heterocycles. The first kappa shape index (κ1) is 17.8. The molecule has 0 aliphatic heterocycles. The second-order valence-corrected chi connectivity index (χ2v) is 8.37. The number of aromatic nitrogens is 1. The van der Waals surface area contributed by atoms with Crippen LogP contribution in [0.25, 0.3) is 6.08 Å². The molecule has 6 nitrogen and oxygen atoms in total. The van der Waals surface area contributed by atoms with E-state index in [-0.39, 0.29) is 18.3 Å². The van der Waals surface area contributed by atoms with Gasteiger partial charge in [0.15, 0.2) is 5.69 Å². The van der Waals surface area contributed by atoms with Crippen molar-refractivity contribution in [1.82, 2.24) is 9.29 Å². The lowest BCUT2D eigenvalue weighted by Gasteiger charge is -2.18. The van der Waals surface area contributed by atoms with Gasteiger partial charge in [0.25, 0.3) is 0 Å². The van der Waals surface area contributed by atoms with Crippen LogP contribution in [0.5, 0.6) is 0 Å². The van der Waals surface area contributed by atoms with Crippen LogP contribution in [-0.4, -0.2) is 36.8 Å². The predicted molar refractivity (Wildman–Crippen MR) is 96.4 cm³/mol. The Labute approximate surface area is 150 Å². The number of rotatable bonds is 7. The van der Waals surface area contributed by atoms with Crippen LogP contribution in [0.4, 0.5) is 0 Å². The summed E-state index contributed by atoms with van der Waals surface area (Å²) in [5, 5.41) is 3.39. The molecule has 8 heteroatoms. The standard InChI is InChI=1S/C17H18N2O4S2/c1-23-17(20)15-12-24-16(18-15)11-19(14-7-8-14)25(21,22)10-9-13-5-3-2-4-6-13/h2-6,9-10,12,14H,7-8,11H2,1H3. The highest BCUT2D eigenvalue weighted by molar-refractivity contribution is 7.92. The van der Waals surface area contributed by atoms with Gasteiger partial charge in [-0.15, -0.1) is 11.3 Å². The van der Waals surface area contributed by atoms with E-state index >= 15 is 0 Å². The summed E-state index contributed by atoms with van der Waals surface area (Å²) in [5.74, 6) is -0.521. The van der Waals surface area contributed by atoms with Crippen molar-refractivity contribution in [3.05, 3.63) is 57.4 Å². The SMILES string of the molecule is COC(=O)c1csc(CN(C2CC2)S(=O)(=O)C=Cc2ccccc2)n1. The molecule has 1 fully saturated rings. The number of methoxy groups -OCH3 is 1. The lowest BCUT2D eigenvalue weighted by molar-refractivity contribution is 0.0594. The Hall–Kier alpha value is -2.03. The van der Waals surface area contributed by atoms with Crippen molar-refractivity contribution < 1.29 is 17.9 Å². The van der Waals surface area contributed by atoms with E-state index in [0.29, 0.717) is 5.01 Å². The monoisotopic (exact) mass is 378 g/mol. The number of thiazole rings is 1. The summed E-state index contributed by atoms with van der Waals surface area (Å²) in [6.45, 7) is 0.161. The average molecular weight is 378 g/mol. The molecule has 2 aromatic rings. The number of esters is 1. The molecule has 25 heavy (non-hydrogen) atoms. The van der Waals surface area contributed by atoms with Crippen LogP contribution >= 0.6 is 11.3 Å². The van der Waals surface area contributed by atoms with Gasteiger partial charge < -0.3 is 4.74 Å². The summed E-state index contributed by atoms with van der Waals surface area (Å²) < 4.78 is 31.5. The third-order valence-electron chi connectivity index (χ3n) is 3.75. The molecule has 1 aliphatic rings. The van der Waals surface area contributed by atoms with E-state index in [1.807, 2.05) is 30.3 Å². The van der Waals surface area contributed by atoms with Crippen molar-refractivity contribution in [1.29, 1.82) is 0 Å². The number of ether oxygens (including phenoxy) is 1. The minimum atomic E-state index is -3.57. The van der Waals surface area contributed by atoms with Crippen LogP contribution in [0, 0.1) is 0 Å². The quantitative estimate of drug-likeness (QED) is 0.693. The van der Waals surface area contributed by atoms with Gasteiger partial charge in [-0.1, -0.05) is 30.3 Å². The van der Waals surface area contributed by atoms with Crippen LogP contribution < -0.4 is 0 Å². The summed E-state index contributed by atoms with van der Waals surface area (Å²) >= 11 is 1.26. The smallest absolute Gasteiger partial charge is 0.357 e. The third-order valence-corrected chi connectivity index (χ3v) is 6.14. The Morgan fingerprint density at radius 1 is 1.36 bits per heavy atom. The summed E-state index contributed by atoms with van der Waals surface area (Å²) in [6, 6.07) is 9.28. The number of benzene rings is 1. The maximum absolute atomic E-state index is 12.7. The molecule has 0 N–H and O–H groups in total. The molecule has 0 radical (unpaired) electrons. The van der Waals surface area contributed by atoms with Gasteiger partial charge in [0.2, 0.25) is 10.0 Å². The van der Waals surface area contributed by atoms with Crippen molar-refractivity contribution in [2.24, 2.45) is 0 Å². The molecule has 1 saturated carbocycles. The number of carbonyl (C=O) groups excluding carboxylic acids is 1. The molecule has 1 aromatic heterocycles. The van der Waals surface area contributed by atoms with Crippen molar-refractivity contribution in [2.75, 3.05) is 7.11 Å². The van der Waals surface area contributed by atoms with Gasteiger partial charge in [-0.2, -0.15) is 4.31 Å². The molecule has 3 rings (SSSR count). The third kappa shape index (κ3) is 4.53. The molecule has 0 saturated heterocycles.